The maximum Gasteiger partial charge on any atom is 0.416 e. The van der Waals surface area contributed by atoms with Crippen molar-refractivity contribution in [2.24, 2.45) is 0 Å². The van der Waals surface area contributed by atoms with E-state index in [2.05, 4.69) is 0 Å². The minimum Gasteiger partial charge on any atom is -0.456 e. The van der Waals surface area contributed by atoms with Gasteiger partial charge in [0.25, 0.3) is 0 Å². The van der Waals surface area contributed by atoms with E-state index in [1.54, 1.807) is 43.9 Å². The fourth-order valence-corrected chi connectivity index (χ4v) is 5.32. The van der Waals surface area contributed by atoms with Crippen LogP contribution in [0.3, 0.4) is 0 Å². The first kappa shape index (κ1) is 35.2. The van der Waals surface area contributed by atoms with Gasteiger partial charge in [0, 0.05) is 19.5 Å². The van der Waals surface area contributed by atoms with Crippen LogP contribution in [-0.4, -0.2) is 64.3 Å². The molecule has 3 aromatic rings. The topological polar surface area (TPSA) is 102 Å². The molecular formula is C38H46N2O7. The Labute approximate surface area is 277 Å². The van der Waals surface area contributed by atoms with Gasteiger partial charge in [-0.15, -0.1) is 0 Å². The van der Waals surface area contributed by atoms with E-state index in [4.69, 9.17) is 14.2 Å². The Balaban J connectivity index is 1.59. The largest absolute Gasteiger partial charge is 0.456 e. The lowest BCUT2D eigenvalue weighted by molar-refractivity contribution is -0.129. The number of rotatable bonds is 11. The molecule has 0 unspecified atom stereocenters. The number of carbonyl (C=O) groups excluding carboxylic acids is 4. The Hall–Kier alpha value is -4.66. The average Bonchev–Trinajstić information content (AvgIpc) is 3.37. The number of carbonyl (C=O) groups is 4. The van der Waals surface area contributed by atoms with E-state index in [1.807, 2.05) is 81.4 Å². The third kappa shape index (κ3) is 10.7. The number of hydrogen-bond donors (Lipinski definition) is 0. The third-order valence-corrected chi connectivity index (χ3v) is 7.52. The molecule has 0 saturated carbocycles. The van der Waals surface area contributed by atoms with Crippen LogP contribution < -0.4 is 0 Å². The van der Waals surface area contributed by atoms with E-state index in [-0.39, 0.29) is 31.9 Å². The van der Waals surface area contributed by atoms with Crippen LogP contribution in [0.2, 0.25) is 0 Å². The maximum absolute atomic E-state index is 13.5. The second kappa shape index (κ2) is 15.3. The highest BCUT2D eigenvalue weighted by Crippen LogP contribution is 2.24. The van der Waals surface area contributed by atoms with Crippen LogP contribution in [0.15, 0.2) is 78.9 Å². The summed E-state index contributed by atoms with van der Waals surface area (Å²) in [6.07, 6.45) is 0.217. The zero-order valence-electron chi connectivity index (χ0n) is 28.3. The fourth-order valence-electron chi connectivity index (χ4n) is 5.32. The molecule has 3 aromatic carbocycles. The van der Waals surface area contributed by atoms with Gasteiger partial charge in [0.2, 0.25) is 5.91 Å². The van der Waals surface area contributed by atoms with Crippen molar-refractivity contribution in [3.8, 4) is 0 Å². The first-order valence-corrected chi connectivity index (χ1v) is 16.1. The van der Waals surface area contributed by atoms with E-state index in [0.29, 0.717) is 30.5 Å². The molecule has 250 valence electrons. The SMILES string of the molecule is CC(C)(C)OC(=O)c1ccc(CN(CCc2ccccc2)C(=O)OC(C)(C)C)c(CCC(=O)N2C(=O)OC[C@H]2Cc2ccccc2)c1. The molecule has 0 bridgehead atoms. The van der Waals surface area contributed by atoms with Gasteiger partial charge in [0.05, 0.1) is 11.6 Å². The molecule has 1 aliphatic heterocycles. The number of esters is 1. The molecule has 0 N–H and O–H groups in total. The van der Waals surface area contributed by atoms with Crippen molar-refractivity contribution in [1.82, 2.24) is 9.80 Å². The van der Waals surface area contributed by atoms with Crippen molar-refractivity contribution in [2.45, 2.75) is 91.0 Å². The highest BCUT2D eigenvalue weighted by Gasteiger charge is 2.37. The van der Waals surface area contributed by atoms with Crippen LogP contribution in [-0.2, 0) is 44.8 Å². The normalized spacial score (nSPS) is 14.8. The van der Waals surface area contributed by atoms with Gasteiger partial charge in [-0.25, -0.2) is 19.3 Å². The Morgan fingerprint density at radius 2 is 1.43 bits per heavy atom. The van der Waals surface area contributed by atoms with Crippen molar-refractivity contribution in [3.63, 3.8) is 0 Å². The molecule has 1 aliphatic rings. The lowest BCUT2D eigenvalue weighted by atomic mass is 9.98. The summed E-state index contributed by atoms with van der Waals surface area (Å²) in [7, 11) is 0. The zero-order chi connectivity index (χ0) is 34.2. The minimum absolute atomic E-state index is 0.00160. The standard InChI is InChI=1S/C38H46N2O7/c1-37(2,3)46-34(42)30-17-18-31(25-39(35(43)47-38(4,5)6)22-21-27-13-9-7-10-14-27)29(24-30)19-20-33(41)40-32(26-45-36(40)44)23-28-15-11-8-12-16-28/h7-18,24,32H,19-23,25-26H2,1-6H3/t32-/m1/s1. The Morgan fingerprint density at radius 1 is 0.809 bits per heavy atom. The average molecular weight is 643 g/mol. The van der Waals surface area contributed by atoms with Crippen molar-refractivity contribution in [1.29, 1.82) is 0 Å². The molecule has 1 saturated heterocycles. The van der Waals surface area contributed by atoms with Crippen LogP contribution >= 0.6 is 0 Å². The van der Waals surface area contributed by atoms with Crippen molar-refractivity contribution in [2.75, 3.05) is 13.2 Å². The first-order valence-electron chi connectivity index (χ1n) is 16.1. The third-order valence-electron chi connectivity index (χ3n) is 7.52. The molecule has 1 atom stereocenters. The molecule has 9 nitrogen and oxygen atoms in total. The van der Waals surface area contributed by atoms with Gasteiger partial charge in [0.15, 0.2) is 0 Å². The Morgan fingerprint density at radius 3 is 2.04 bits per heavy atom. The minimum atomic E-state index is -0.696. The molecule has 9 heteroatoms. The van der Waals surface area contributed by atoms with E-state index in [0.717, 1.165) is 16.7 Å². The van der Waals surface area contributed by atoms with Crippen LogP contribution in [0.4, 0.5) is 9.59 Å². The number of hydrogen-bond acceptors (Lipinski definition) is 7. The summed E-state index contributed by atoms with van der Waals surface area (Å²) < 4.78 is 16.6. The quantitative estimate of drug-likeness (QED) is 0.162. The summed E-state index contributed by atoms with van der Waals surface area (Å²) >= 11 is 0. The van der Waals surface area contributed by atoms with E-state index in [9.17, 15) is 19.2 Å². The van der Waals surface area contributed by atoms with Crippen LogP contribution in [0.5, 0.6) is 0 Å². The number of aryl methyl sites for hydroxylation is 1. The summed E-state index contributed by atoms with van der Waals surface area (Å²) in [5, 5.41) is 0. The summed E-state index contributed by atoms with van der Waals surface area (Å²) in [4.78, 5) is 55.5. The molecule has 0 aromatic heterocycles. The number of nitrogens with zero attached hydrogens (tertiary/aromatic N) is 2. The summed E-state index contributed by atoms with van der Waals surface area (Å²) in [6.45, 7) is 11.6. The second-order valence-corrected chi connectivity index (χ2v) is 13.8. The fraction of sp³-hybridized carbons (Fsp3) is 0.421. The highest BCUT2D eigenvalue weighted by molar-refractivity contribution is 5.94. The monoisotopic (exact) mass is 642 g/mol. The van der Waals surface area contributed by atoms with Crippen molar-refractivity contribution < 1.29 is 33.4 Å². The second-order valence-electron chi connectivity index (χ2n) is 13.8. The number of imide groups is 1. The predicted octanol–water partition coefficient (Wildman–Crippen LogP) is 7.14. The number of amides is 3. The number of ether oxygens (including phenoxy) is 3. The molecule has 0 aliphatic carbocycles. The van der Waals surface area contributed by atoms with Gasteiger partial charge in [-0.05, 0) is 95.2 Å². The molecule has 47 heavy (non-hydrogen) atoms. The lowest BCUT2D eigenvalue weighted by Crippen LogP contribution is -2.40. The predicted molar refractivity (Wildman–Crippen MR) is 179 cm³/mol. The van der Waals surface area contributed by atoms with Crippen LogP contribution in [0.25, 0.3) is 0 Å². The van der Waals surface area contributed by atoms with E-state index < -0.39 is 35.4 Å². The Bertz CT molecular complexity index is 1540. The van der Waals surface area contributed by atoms with Gasteiger partial charge in [-0.3, -0.25) is 4.79 Å². The van der Waals surface area contributed by atoms with Crippen molar-refractivity contribution >= 4 is 24.1 Å². The van der Waals surface area contributed by atoms with Gasteiger partial charge < -0.3 is 19.1 Å². The van der Waals surface area contributed by atoms with Crippen molar-refractivity contribution in [3.05, 3.63) is 107 Å². The number of cyclic esters (lactones) is 1. The molecule has 3 amide bonds. The van der Waals surface area contributed by atoms with Gasteiger partial charge in [-0.2, -0.15) is 0 Å². The highest BCUT2D eigenvalue weighted by atomic mass is 16.6. The van der Waals surface area contributed by atoms with Gasteiger partial charge in [-0.1, -0.05) is 66.7 Å². The zero-order valence-corrected chi connectivity index (χ0v) is 28.3. The van der Waals surface area contributed by atoms with E-state index in [1.165, 1.54) is 4.90 Å². The van der Waals surface area contributed by atoms with Crippen LogP contribution in [0.1, 0.15) is 80.6 Å². The van der Waals surface area contributed by atoms with Gasteiger partial charge in [0.1, 0.15) is 17.8 Å². The molecule has 4 rings (SSSR count). The maximum atomic E-state index is 13.5. The lowest BCUT2D eigenvalue weighted by Gasteiger charge is -2.28. The molecule has 0 spiro atoms. The molecule has 0 radical (unpaired) electrons. The smallest absolute Gasteiger partial charge is 0.416 e. The summed E-state index contributed by atoms with van der Waals surface area (Å²) in [5.74, 6) is -0.856. The van der Waals surface area contributed by atoms with E-state index >= 15 is 0 Å². The number of benzene rings is 3. The molecular weight excluding hydrogens is 596 g/mol. The van der Waals surface area contributed by atoms with Gasteiger partial charge >= 0.3 is 18.2 Å². The molecule has 1 fully saturated rings. The Kier molecular flexibility index (Phi) is 11.4. The first-order chi connectivity index (χ1) is 22.2. The van der Waals surface area contributed by atoms with Crippen LogP contribution in [0, 0.1) is 0 Å². The summed E-state index contributed by atoms with van der Waals surface area (Å²) in [5.41, 5.74) is 2.48. The summed E-state index contributed by atoms with van der Waals surface area (Å²) in [6, 6.07) is 24.3. The molecule has 1 heterocycles.